The van der Waals surface area contributed by atoms with Crippen LogP contribution >= 0.6 is 0 Å². The maximum absolute atomic E-state index is 2.59. The summed E-state index contributed by atoms with van der Waals surface area (Å²) in [7, 11) is 0. The molecule has 1 atom stereocenters. The average molecular weight is 427 g/mol. The number of para-hydroxylation sites is 1. The van der Waals surface area contributed by atoms with Crippen molar-refractivity contribution < 1.29 is 0 Å². The molecule has 0 fully saturated rings. The standard InChI is InChI=1S/C29H50N2/c1-3-5-7-8-9-10-11-12-13-14-15-16-20-24-29-30(25-21-6-4-2)26-27-31(29)28-22-18-17-19-23-28/h17-19,22-23,26-27,29H,3-16,20-21,24-25H2,1-2H3. The Hall–Kier alpha value is -1.44. The first kappa shape index (κ1) is 25.8. The molecule has 0 saturated heterocycles. The maximum Gasteiger partial charge on any atom is 0.105 e. The Morgan fingerprint density at radius 2 is 1.10 bits per heavy atom. The Kier molecular flexibility index (Phi) is 14.3. The lowest BCUT2D eigenvalue weighted by Gasteiger charge is -2.33. The molecule has 2 heteroatoms. The lowest BCUT2D eigenvalue weighted by molar-refractivity contribution is 0.274. The molecule has 0 radical (unpaired) electrons. The van der Waals surface area contributed by atoms with Gasteiger partial charge < -0.3 is 9.80 Å². The fourth-order valence-corrected chi connectivity index (χ4v) is 4.79. The maximum atomic E-state index is 2.59. The molecule has 0 amide bonds. The van der Waals surface area contributed by atoms with Crippen molar-refractivity contribution in [2.45, 2.75) is 129 Å². The van der Waals surface area contributed by atoms with Crippen LogP contribution in [0.25, 0.3) is 0 Å². The second kappa shape index (κ2) is 17.2. The van der Waals surface area contributed by atoms with Crippen LogP contribution in [-0.4, -0.2) is 17.6 Å². The van der Waals surface area contributed by atoms with Crippen molar-refractivity contribution in [3.63, 3.8) is 0 Å². The number of anilines is 1. The van der Waals surface area contributed by atoms with Gasteiger partial charge in [-0.15, -0.1) is 0 Å². The van der Waals surface area contributed by atoms with E-state index in [9.17, 15) is 0 Å². The second-order valence-corrected chi connectivity index (χ2v) is 9.50. The van der Waals surface area contributed by atoms with Crippen molar-refractivity contribution >= 4 is 5.69 Å². The molecule has 2 nitrogen and oxygen atoms in total. The highest BCUT2D eigenvalue weighted by Gasteiger charge is 2.26. The molecule has 1 aromatic carbocycles. The lowest BCUT2D eigenvalue weighted by Crippen LogP contribution is -2.39. The molecular formula is C29H50N2. The zero-order valence-corrected chi connectivity index (χ0v) is 20.7. The van der Waals surface area contributed by atoms with Crippen LogP contribution in [0.2, 0.25) is 0 Å². The van der Waals surface area contributed by atoms with Crippen LogP contribution in [0.3, 0.4) is 0 Å². The number of hydrogen-bond donors (Lipinski definition) is 0. The van der Waals surface area contributed by atoms with Crippen molar-refractivity contribution in [3.05, 3.63) is 42.7 Å². The van der Waals surface area contributed by atoms with Gasteiger partial charge in [0.1, 0.15) is 6.17 Å². The smallest absolute Gasteiger partial charge is 0.105 e. The number of benzene rings is 1. The van der Waals surface area contributed by atoms with Crippen LogP contribution in [-0.2, 0) is 0 Å². The normalized spacial score (nSPS) is 15.9. The van der Waals surface area contributed by atoms with Gasteiger partial charge in [-0.3, -0.25) is 0 Å². The molecular weight excluding hydrogens is 376 g/mol. The van der Waals surface area contributed by atoms with Gasteiger partial charge in [0, 0.05) is 24.6 Å². The van der Waals surface area contributed by atoms with Crippen LogP contribution < -0.4 is 4.90 Å². The van der Waals surface area contributed by atoms with Gasteiger partial charge in [0.2, 0.25) is 0 Å². The Morgan fingerprint density at radius 1 is 0.581 bits per heavy atom. The number of rotatable bonds is 19. The predicted molar refractivity (Wildman–Crippen MR) is 138 cm³/mol. The first-order chi connectivity index (χ1) is 15.4. The van der Waals surface area contributed by atoms with Crippen LogP contribution in [0.5, 0.6) is 0 Å². The SMILES string of the molecule is CCCCCCCCCCCCCCCC1N(CCCCC)C=CN1c1ccccc1. The minimum Gasteiger partial charge on any atom is -0.356 e. The van der Waals surface area contributed by atoms with Crippen LogP contribution in [0, 0.1) is 0 Å². The van der Waals surface area contributed by atoms with E-state index in [-0.39, 0.29) is 0 Å². The van der Waals surface area contributed by atoms with Gasteiger partial charge >= 0.3 is 0 Å². The largest absolute Gasteiger partial charge is 0.356 e. The molecule has 1 aromatic rings. The summed E-state index contributed by atoms with van der Waals surface area (Å²) in [5.74, 6) is 0. The lowest BCUT2D eigenvalue weighted by atomic mass is 10.0. The first-order valence-electron chi connectivity index (χ1n) is 13.6. The van der Waals surface area contributed by atoms with E-state index in [2.05, 4.69) is 66.4 Å². The third-order valence-electron chi connectivity index (χ3n) is 6.76. The van der Waals surface area contributed by atoms with Gasteiger partial charge in [-0.25, -0.2) is 0 Å². The van der Waals surface area contributed by atoms with Gasteiger partial charge in [0.15, 0.2) is 0 Å². The fraction of sp³-hybridized carbons (Fsp3) is 0.724. The molecule has 0 aromatic heterocycles. The third kappa shape index (κ3) is 10.6. The summed E-state index contributed by atoms with van der Waals surface area (Å²) < 4.78 is 0. The highest BCUT2D eigenvalue weighted by molar-refractivity contribution is 5.51. The molecule has 0 bridgehead atoms. The van der Waals surface area contributed by atoms with E-state index in [1.165, 1.54) is 121 Å². The molecule has 2 rings (SSSR count). The molecule has 0 spiro atoms. The number of nitrogens with zero attached hydrogens (tertiary/aromatic N) is 2. The van der Waals surface area contributed by atoms with Gasteiger partial charge in [-0.05, 0) is 31.4 Å². The van der Waals surface area contributed by atoms with Crippen molar-refractivity contribution in [2.75, 3.05) is 11.4 Å². The van der Waals surface area contributed by atoms with Gasteiger partial charge in [-0.1, -0.05) is 122 Å². The quantitative estimate of drug-likeness (QED) is 0.203. The molecule has 176 valence electrons. The van der Waals surface area contributed by atoms with Crippen molar-refractivity contribution in [2.24, 2.45) is 0 Å². The molecule has 1 aliphatic rings. The monoisotopic (exact) mass is 426 g/mol. The first-order valence-corrected chi connectivity index (χ1v) is 13.6. The van der Waals surface area contributed by atoms with Crippen LogP contribution in [0.4, 0.5) is 5.69 Å². The second-order valence-electron chi connectivity index (χ2n) is 9.50. The summed E-state index contributed by atoms with van der Waals surface area (Å²) in [5.41, 5.74) is 1.33. The highest BCUT2D eigenvalue weighted by Crippen LogP contribution is 2.28. The van der Waals surface area contributed by atoms with Gasteiger partial charge in [0.25, 0.3) is 0 Å². The van der Waals surface area contributed by atoms with Gasteiger partial charge in [0.05, 0.1) is 0 Å². The molecule has 1 heterocycles. The van der Waals surface area contributed by atoms with E-state index in [0.29, 0.717) is 6.17 Å². The Balaban J connectivity index is 1.59. The molecule has 1 aliphatic heterocycles. The summed E-state index contributed by atoms with van der Waals surface area (Å²) >= 11 is 0. The zero-order chi connectivity index (χ0) is 22.0. The van der Waals surface area contributed by atoms with E-state index >= 15 is 0 Å². The number of unbranched alkanes of at least 4 members (excludes halogenated alkanes) is 14. The van der Waals surface area contributed by atoms with Crippen molar-refractivity contribution in [1.82, 2.24) is 4.90 Å². The van der Waals surface area contributed by atoms with E-state index in [4.69, 9.17) is 0 Å². The summed E-state index contributed by atoms with van der Waals surface area (Å²) in [5, 5.41) is 0. The van der Waals surface area contributed by atoms with Gasteiger partial charge in [-0.2, -0.15) is 0 Å². The van der Waals surface area contributed by atoms with E-state index in [1.807, 2.05) is 0 Å². The molecule has 31 heavy (non-hydrogen) atoms. The van der Waals surface area contributed by atoms with Crippen LogP contribution in [0.15, 0.2) is 42.7 Å². The van der Waals surface area contributed by atoms with E-state index in [0.717, 1.165) is 0 Å². The molecule has 0 saturated carbocycles. The summed E-state index contributed by atoms with van der Waals surface area (Å²) in [6.45, 7) is 5.78. The fourth-order valence-electron chi connectivity index (χ4n) is 4.79. The molecule has 1 unspecified atom stereocenters. The Morgan fingerprint density at radius 3 is 1.68 bits per heavy atom. The zero-order valence-electron chi connectivity index (χ0n) is 20.7. The topological polar surface area (TPSA) is 6.48 Å². The van der Waals surface area contributed by atoms with E-state index < -0.39 is 0 Å². The van der Waals surface area contributed by atoms with Crippen LogP contribution in [0.1, 0.15) is 123 Å². The van der Waals surface area contributed by atoms with E-state index in [1.54, 1.807) is 0 Å². The third-order valence-corrected chi connectivity index (χ3v) is 6.76. The Bertz CT molecular complexity index is 553. The van der Waals surface area contributed by atoms with Crippen molar-refractivity contribution in [1.29, 1.82) is 0 Å². The number of hydrogen-bond acceptors (Lipinski definition) is 2. The highest BCUT2D eigenvalue weighted by atomic mass is 15.4. The van der Waals surface area contributed by atoms with Crippen molar-refractivity contribution in [3.8, 4) is 0 Å². The minimum atomic E-state index is 0.506. The minimum absolute atomic E-state index is 0.506. The summed E-state index contributed by atoms with van der Waals surface area (Å²) in [6, 6.07) is 10.9. The Labute approximate surface area is 194 Å². The predicted octanol–water partition coefficient (Wildman–Crippen LogP) is 9.28. The summed E-state index contributed by atoms with van der Waals surface area (Å²) in [4.78, 5) is 5.08. The molecule has 0 aliphatic carbocycles. The molecule has 0 N–H and O–H groups in total. The average Bonchev–Trinajstić information content (AvgIpc) is 3.20. The summed E-state index contributed by atoms with van der Waals surface area (Å²) in [6.07, 6.45) is 28.9.